The molecule has 1 amide bonds. The topological polar surface area (TPSA) is 20.3 Å². The van der Waals surface area contributed by atoms with Gasteiger partial charge in [0.15, 0.2) is 0 Å². The van der Waals surface area contributed by atoms with Gasteiger partial charge < -0.3 is 4.90 Å². The molecule has 0 saturated carbocycles. The van der Waals surface area contributed by atoms with Crippen LogP contribution in [0.4, 0.5) is 10.1 Å². The molecular formula is C20H17ClFNOS. The quantitative estimate of drug-likeness (QED) is 0.513. The van der Waals surface area contributed by atoms with Crippen LogP contribution in [0, 0.1) is 12.7 Å². The molecule has 0 aliphatic carbocycles. The Balaban J connectivity index is 1.82. The van der Waals surface area contributed by atoms with Gasteiger partial charge in [-0.25, -0.2) is 4.39 Å². The second kappa shape index (κ2) is 6.11. The van der Waals surface area contributed by atoms with Crippen LogP contribution in [0.25, 0.3) is 10.1 Å². The summed E-state index contributed by atoms with van der Waals surface area (Å²) in [6.45, 7) is 4.04. The molecule has 0 spiro atoms. The highest BCUT2D eigenvalue weighted by Gasteiger charge is 2.31. The molecule has 1 aliphatic rings. The van der Waals surface area contributed by atoms with Crippen LogP contribution in [0.5, 0.6) is 0 Å². The van der Waals surface area contributed by atoms with Crippen LogP contribution in [0.15, 0.2) is 36.4 Å². The molecule has 0 saturated heterocycles. The summed E-state index contributed by atoms with van der Waals surface area (Å²) in [5, 5.41) is 1.41. The Hall–Kier alpha value is -1.91. The lowest BCUT2D eigenvalue weighted by Crippen LogP contribution is -2.42. The van der Waals surface area contributed by atoms with Gasteiger partial charge in [-0.05, 0) is 62.1 Å². The number of carbonyl (C=O) groups is 1. The molecule has 2 heterocycles. The fraction of sp³-hybridized carbons (Fsp3) is 0.250. The Morgan fingerprint density at radius 2 is 2.08 bits per heavy atom. The summed E-state index contributed by atoms with van der Waals surface area (Å²) in [5.74, 6) is -0.375. The fourth-order valence-electron chi connectivity index (χ4n) is 3.45. The van der Waals surface area contributed by atoms with Gasteiger partial charge >= 0.3 is 0 Å². The predicted octanol–water partition coefficient (Wildman–Crippen LogP) is 5.98. The Bertz CT molecular complexity index is 997. The van der Waals surface area contributed by atoms with Gasteiger partial charge in [0.2, 0.25) is 0 Å². The second-order valence-corrected chi connectivity index (χ2v) is 8.01. The number of carbonyl (C=O) groups excluding carboxylic acids is 1. The lowest BCUT2D eigenvalue weighted by Gasteiger charge is -2.35. The number of amides is 1. The molecule has 25 heavy (non-hydrogen) atoms. The van der Waals surface area contributed by atoms with Crippen molar-refractivity contribution in [2.24, 2.45) is 0 Å². The zero-order chi connectivity index (χ0) is 17.7. The zero-order valence-corrected chi connectivity index (χ0v) is 15.5. The van der Waals surface area contributed by atoms with Gasteiger partial charge in [-0.2, -0.15) is 0 Å². The minimum Gasteiger partial charge on any atom is -0.305 e. The number of hydrogen-bond donors (Lipinski definition) is 0. The van der Waals surface area contributed by atoms with E-state index in [1.165, 1.54) is 23.5 Å². The van der Waals surface area contributed by atoms with Gasteiger partial charge in [0.05, 0.1) is 5.02 Å². The smallest absolute Gasteiger partial charge is 0.270 e. The first kappa shape index (κ1) is 16.6. The van der Waals surface area contributed by atoms with Gasteiger partial charge in [0.25, 0.3) is 5.91 Å². The minimum atomic E-state index is -0.268. The maximum atomic E-state index is 13.6. The lowest BCUT2D eigenvalue weighted by molar-refractivity contribution is 0.0979. The Morgan fingerprint density at radius 1 is 1.28 bits per heavy atom. The van der Waals surface area contributed by atoms with Crippen molar-refractivity contribution >= 4 is 44.6 Å². The molecule has 1 aromatic heterocycles. The molecule has 128 valence electrons. The van der Waals surface area contributed by atoms with Crippen LogP contribution in [-0.4, -0.2) is 11.9 Å². The molecule has 0 bridgehead atoms. The number of fused-ring (bicyclic) bond motifs is 2. The number of aryl methyl sites for hydroxylation is 2. The molecule has 2 aromatic carbocycles. The fourth-order valence-corrected chi connectivity index (χ4v) is 5.00. The van der Waals surface area contributed by atoms with E-state index in [4.69, 9.17) is 11.6 Å². The van der Waals surface area contributed by atoms with E-state index in [1.807, 2.05) is 32.0 Å². The van der Waals surface area contributed by atoms with Gasteiger partial charge in [-0.3, -0.25) is 4.79 Å². The first-order chi connectivity index (χ1) is 12.0. The van der Waals surface area contributed by atoms with Crippen LogP contribution in [-0.2, 0) is 6.42 Å². The molecule has 0 radical (unpaired) electrons. The molecule has 0 N–H and O–H groups in total. The van der Waals surface area contributed by atoms with Crippen molar-refractivity contribution in [3.05, 3.63) is 63.2 Å². The number of halogens is 2. The summed E-state index contributed by atoms with van der Waals surface area (Å²) in [6.07, 6.45) is 1.58. The summed E-state index contributed by atoms with van der Waals surface area (Å²) in [5.41, 5.74) is 2.80. The van der Waals surface area contributed by atoms with Crippen molar-refractivity contribution < 1.29 is 9.18 Å². The van der Waals surface area contributed by atoms with E-state index in [9.17, 15) is 9.18 Å². The molecule has 4 rings (SSSR count). The summed E-state index contributed by atoms with van der Waals surface area (Å²) >= 11 is 7.95. The first-order valence-corrected chi connectivity index (χ1v) is 9.46. The van der Waals surface area contributed by atoms with Crippen molar-refractivity contribution in [3.8, 4) is 0 Å². The first-order valence-electron chi connectivity index (χ1n) is 8.26. The van der Waals surface area contributed by atoms with E-state index < -0.39 is 0 Å². The van der Waals surface area contributed by atoms with Gasteiger partial charge in [0, 0.05) is 21.8 Å². The van der Waals surface area contributed by atoms with E-state index >= 15 is 0 Å². The van der Waals surface area contributed by atoms with E-state index in [1.54, 1.807) is 11.0 Å². The molecular weight excluding hydrogens is 357 g/mol. The monoisotopic (exact) mass is 373 g/mol. The van der Waals surface area contributed by atoms with Crippen molar-refractivity contribution in [1.82, 2.24) is 0 Å². The Labute approximate surface area is 154 Å². The Kier molecular flexibility index (Phi) is 4.05. The Morgan fingerprint density at radius 3 is 2.88 bits per heavy atom. The molecule has 0 unspecified atom stereocenters. The average molecular weight is 374 g/mol. The number of anilines is 1. The summed E-state index contributed by atoms with van der Waals surface area (Å²) < 4.78 is 14.6. The number of hydrogen-bond acceptors (Lipinski definition) is 2. The standard InChI is InChI=1S/C20H17ClFNOS/c1-11-3-7-15-17(9-11)25-19(18(15)21)20(24)23-12(2)4-5-13-10-14(22)6-8-16(13)23/h3,6-10,12H,4-5H2,1-2H3/t12-/m0/s1. The molecule has 5 heteroatoms. The number of rotatable bonds is 1. The largest absolute Gasteiger partial charge is 0.305 e. The van der Waals surface area contributed by atoms with Crippen molar-refractivity contribution in [2.75, 3.05) is 4.90 Å². The maximum absolute atomic E-state index is 13.6. The third-order valence-corrected chi connectivity index (χ3v) is 6.42. The van der Waals surface area contributed by atoms with Crippen LogP contribution in [0.1, 0.15) is 34.1 Å². The van der Waals surface area contributed by atoms with Gasteiger partial charge in [-0.1, -0.05) is 23.7 Å². The van der Waals surface area contributed by atoms with Crippen molar-refractivity contribution in [2.45, 2.75) is 32.7 Å². The number of nitrogens with zero attached hydrogens (tertiary/aromatic N) is 1. The average Bonchev–Trinajstić information content (AvgIpc) is 2.90. The van der Waals surface area contributed by atoms with Crippen molar-refractivity contribution in [3.63, 3.8) is 0 Å². The highest BCUT2D eigenvalue weighted by Crippen LogP contribution is 2.39. The summed E-state index contributed by atoms with van der Waals surface area (Å²) in [4.78, 5) is 15.6. The van der Waals surface area contributed by atoms with E-state index in [0.717, 1.165) is 39.7 Å². The normalized spacial score (nSPS) is 17.0. The maximum Gasteiger partial charge on any atom is 0.270 e. The van der Waals surface area contributed by atoms with Gasteiger partial charge in [0.1, 0.15) is 10.7 Å². The molecule has 0 fully saturated rings. The minimum absolute atomic E-state index is 0.0495. The highest BCUT2D eigenvalue weighted by atomic mass is 35.5. The molecule has 1 atom stereocenters. The third-order valence-electron chi connectivity index (χ3n) is 4.77. The SMILES string of the molecule is Cc1ccc2c(Cl)c(C(=O)N3c4ccc(F)cc4CC[C@@H]3C)sc2c1. The van der Waals surface area contributed by atoms with Crippen LogP contribution in [0.3, 0.4) is 0 Å². The number of thiophene rings is 1. The lowest BCUT2D eigenvalue weighted by atomic mass is 9.96. The van der Waals surface area contributed by atoms with E-state index in [-0.39, 0.29) is 17.8 Å². The third kappa shape index (κ3) is 2.74. The second-order valence-electron chi connectivity index (χ2n) is 6.58. The van der Waals surface area contributed by atoms with Crippen LogP contribution in [0.2, 0.25) is 5.02 Å². The molecule has 1 aliphatic heterocycles. The van der Waals surface area contributed by atoms with Gasteiger partial charge in [-0.15, -0.1) is 11.3 Å². The summed E-state index contributed by atoms with van der Waals surface area (Å²) in [7, 11) is 0. The van der Waals surface area contributed by atoms with E-state index in [2.05, 4.69) is 0 Å². The molecule has 2 nitrogen and oxygen atoms in total. The molecule has 3 aromatic rings. The summed E-state index contributed by atoms with van der Waals surface area (Å²) in [6, 6.07) is 10.7. The zero-order valence-electron chi connectivity index (χ0n) is 14.0. The van der Waals surface area contributed by atoms with Crippen LogP contribution >= 0.6 is 22.9 Å². The predicted molar refractivity (Wildman–Crippen MR) is 103 cm³/mol. The van der Waals surface area contributed by atoms with Crippen LogP contribution < -0.4 is 4.90 Å². The highest BCUT2D eigenvalue weighted by molar-refractivity contribution is 7.21. The van der Waals surface area contributed by atoms with Crippen molar-refractivity contribution in [1.29, 1.82) is 0 Å². The van der Waals surface area contributed by atoms with E-state index in [0.29, 0.717) is 9.90 Å². The number of benzene rings is 2.